The predicted octanol–water partition coefficient (Wildman–Crippen LogP) is -0.0211. The van der Waals surface area contributed by atoms with E-state index in [0.29, 0.717) is 25.3 Å². The third-order valence-electron chi connectivity index (χ3n) is 2.45. The van der Waals surface area contributed by atoms with E-state index in [1.807, 2.05) is 0 Å². The van der Waals surface area contributed by atoms with E-state index in [1.54, 1.807) is 6.92 Å². The van der Waals surface area contributed by atoms with Gasteiger partial charge < -0.3 is 15.2 Å². The Morgan fingerprint density at radius 2 is 2.32 bits per heavy atom. The van der Waals surface area contributed by atoms with Crippen LogP contribution < -0.4 is 5.73 Å². The van der Waals surface area contributed by atoms with Gasteiger partial charge in [-0.3, -0.25) is 9.59 Å². The highest BCUT2D eigenvalue weighted by molar-refractivity contribution is 7.99. The monoisotopic (exact) mass is 290 g/mol. The predicted molar refractivity (Wildman–Crippen MR) is 69.6 cm³/mol. The third kappa shape index (κ3) is 5.07. The lowest BCUT2D eigenvalue weighted by Crippen LogP contribution is -2.34. The summed E-state index contributed by atoms with van der Waals surface area (Å²) in [4.78, 5) is 35.0. The molecule has 19 heavy (non-hydrogen) atoms. The standard InChI is InChI=1S/C11H18N2O5S/c1-2-17-10(15)8(12)3-6-19-7-9(14)13-4-5-18-11(13)16/h8H,2-7,12H2,1H3. The highest BCUT2D eigenvalue weighted by Crippen LogP contribution is 2.10. The van der Waals surface area contributed by atoms with Crippen molar-refractivity contribution in [3.05, 3.63) is 0 Å². The second kappa shape index (κ2) is 8.00. The fourth-order valence-corrected chi connectivity index (χ4v) is 2.33. The van der Waals surface area contributed by atoms with Gasteiger partial charge in [-0.2, -0.15) is 11.8 Å². The number of hydrogen-bond donors (Lipinski definition) is 1. The van der Waals surface area contributed by atoms with Crippen molar-refractivity contribution in [1.82, 2.24) is 4.90 Å². The summed E-state index contributed by atoms with van der Waals surface area (Å²) in [5, 5.41) is 0. The van der Waals surface area contributed by atoms with Gasteiger partial charge in [0.2, 0.25) is 5.91 Å². The molecule has 1 fully saturated rings. The van der Waals surface area contributed by atoms with Crippen LogP contribution in [0.2, 0.25) is 0 Å². The van der Waals surface area contributed by atoms with Crippen LogP contribution in [0.1, 0.15) is 13.3 Å². The van der Waals surface area contributed by atoms with Gasteiger partial charge in [0.1, 0.15) is 12.6 Å². The number of imide groups is 1. The Bertz CT molecular complexity index is 350. The Hall–Kier alpha value is -1.28. The Morgan fingerprint density at radius 3 is 2.89 bits per heavy atom. The zero-order valence-electron chi connectivity index (χ0n) is 10.8. The van der Waals surface area contributed by atoms with Crippen molar-refractivity contribution in [2.45, 2.75) is 19.4 Å². The minimum atomic E-state index is -0.667. The summed E-state index contributed by atoms with van der Waals surface area (Å²) >= 11 is 1.33. The molecule has 0 aromatic heterocycles. The fraction of sp³-hybridized carbons (Fsp3) is 0.727. The second-order valence-electron chi connectivity index (χ2n) is 3.86. The first-order chi connectivity index (χ1) is 9.06. The second-order valence-corrected chi connectivity index (χ2v) is 4.96. The first kappa shape index (κ1) is 15.8. The van der Waals surface area contributed by atoms with Crippen LogP contribution in [-0.4, -0.2) is 60.2 Å². The van der Waals surface area contributed by atoms with Crippen molar-refractivity contribution in [2.24, 2.45) is 5.73 Å². The van der Waals surface area contributed by atoms with Gasteiger partial charge in [0.05, 0.1) is 18.9 Å². The molecule has 108 valence electrons. The van der Waals surface area contributed by atoms with Gasteiger partial charge in [0, 0.05) is 0 Å². The van der Waals surface area contributed by atoms with Crippen LogP contribution in [0.3, 0.4) is 0 Å². The van der Waals surface area contributed by atoms with Gasteiger partial charge in [-0.1, -0.05) is 0 Å². The molecule has 7 nitrogen and oxygen atoms in total. The van der Waals surface area contributed by atoms with Crippen LogP contribution in [0.4, 0.5) is 4.79 Å². The summed E-state index contributed by atoms with van der Waals surface area (Å²) in [6, 6.07) is -0.667. The summed E-state index contributed by atoms with van der Waals surface area (Å²) in [6.07, 6.45) is -0.157. The van der Waals surface area contributed by atoms with Crippen LogP contribution in [-0.2, 0) is 19.1 Å². The normalized spacial score (nSPS) is 16.1. The molecule has 1 atom stereocenters. The summed E-state index contributed by atoms with van der Waals surface area (Å²) in [7, 11) is 0. The molecule has 0 radical (unpaired) electrons. The number of amides is 2. The van der Waals surface area contributed by atoms with Crippen LogP contribution in [0, 0.1) is 0 Å². The lowest BCUT2D eigenvalue weighted by molar-refractivity contribution is -0.144. The number of ether oxygens (including phenoxy) is 2. The molecule has 0 aliphatic carbocycles. The van der Waals surface area contributed by atoms with Gasteiger partial charge in [0.15, 0.2) is 0 Å². The zero-order chi connectivity index (χ0) is 14.3. The molecule has 8 heteroatoms. The number of nitrogens with two attached hydrogens (primary N) is 1. The molecule has 1 rings (SSSR count). The Labute approximate surface area is 115 Å². The molecule has 2 amide bonds. The SMILES string of the molecule is CCOC(=O)C(N)CCSCC(=O)N1CCOC1=O. The molecule has 1 unspecified atom stereocenters. The number of rotatable bonds is 7. The van der Waals surface area contributed by atoms with E-state index in [4.69, 9.17) is 10.5 Å². The Kier molecular flexibility index (Phi) is 6.65. The number of thioether (sulfide) groups is 1. The van der Waals surface area contributed by atoms with Crippen molar-refractivity contribution in [3.8, 4) is 0 Å². The van der Waals surface area contributed by atoms with Crippen LogP contribution in [0.5, 0.6) is 0 Å². The molecule has 0 spiro atoms. The number of carbonyl (C=O) groups excluding carboxylic acids is 3. The van der Waals surface area contributed by atoms with Gasteiger partial charge in [0.25, 0.3) is 0 Å². The number of hydrogen-bond acceptors (Lipinski definition) is 7. The summed E-state index contributed by atoms with van der Waals surface area (Å²) in [5.41, 5.74) is 5.61. The molecule has 1 saturated heterocycles. The first-order valence-corrected chi connectivity index (χ1v) is 7.18. The Balaban J connectivity index is 2.15. The average molecular weight is 290 g/mol. The molecular formula is C11H18N2O5S. The maximum absolute atomic E-state index is 11.6. The number of cyclic esters (lactones) is 1. The van der Waals surface area contributed by atoms with Crippen LogP contribution in [0.15, 0.2) is 0 Å². The summed E-state index contributed by atoms with van der Waals surface area (Å²) in [6.45, 7) is 2.58. The highest BCUT2D eigenvalue weighted by Gasteiger charge is 2.27. The smallest absolute Gasteiger partial charge is 0.416 e. The largest absolute Gasteiger partial charge is 0.465 e. The molecule has 2 N–H and O–H groups in total. The van der Waals surface area contributed by atoms with E-state index in [1.165, 1.54) is 11.8 Å². The Morgan fingerprint density at radius 1 is 1.58 bits per heavy atom. The van der Waals surface area contributed by atoms with Gasteiger partial charge in [-0.25, -0.2) is 9.69 Å². The van der Waals surface area contributed by atoms with Crippen molar-refractivity contribution in [1.29, 1.82) is 0 Å². The van der Waals surface area contributed by atoms with Gasteiger partial charge in [-0.05, 0) is 19.1 Å². The van der Waals surface area contributed by atoms with E-state index >= 15 is 0 Å². The molecule has 0 aromatic rings. The molecular weight excluding hydrogens is 272 g/mol. The summed E-state index contributed by atoms with van der Waals surface area (Å²) in [5.74, 6) is 0.00829. The van der Waals surface area contributed by atoms with E-state index in [9.17, 15) is 14.4 Å². The zero-order valence-corrected chi connectivity index (χ0v) is 11.6. The fourth-order valence-electron chi connectivity index (χ4n) is 1.43. The minimum Gasteiger partial charge on any atom is -0.465 e. The van der Waals surface area contributed by atoms with Crippen LogP contribution >= 0.6 is 11.8 Å². The lowest BCUT2D eigenvalue weighted by atomic mass is 10.2. The maximum atomic E-state index is 11.6. The van der Waals surface area contributed by atoms with Crippen LogP contribution in [0.25, 0.3) is 0 Å². The van der Waals surface area contributed by atoms with E-state index in [-0.39, 0.29) is 18.3 Å². The van der Waals surface area contributed by atoms with Crippen molar-refractivity contribution in [2.75, 3.05) is 31.3 Å². The molecule has 1 aliphatic heterocycles. The first-order valence-electron chi connectivity index (χ1n) is 6.03. The van der Waals surface area contributed by atoms with E-state index in [0.717, 1.165) is 4.90 Å². The number of carbonyl (C=O) groups is 3. The number of esters is 1. The van der Waals surface area contributed by atoms with Crippen molar-refractivity contribution >= 4 is 29.7 Å². The average Bonchev–Trinajstić information content (AvgIpc) is 2.80. The topological polar surface area (TPSA) is 98.9 Å². The lowest BCUT2D eigenvalue weighted by Gasteiger charge is -2.11. The third-order valence-corrected chi connectivity index (χ3v) is 3.43. The molecule has 0 aromatic carbocycles. The molecule has 0 bridgehead atoms. The van der Waals surface area contributed by atoms with Crippen molar-refractivity contribution in [3.63, 3.8) is 0 Å². The molecule has 0 saturated carbocycles. The number of nitrogens with zero attached hydrogens (tertiary/aromatic N) is 1. The minimum absolute atomic E-state index is 0.171. The van der Waals surface area contributed by atoms with Gasteiger partial charge >= 0.3 is 12.1 Å². The van der Waals surface area contributed by atoms with E-state index < -0.39 is 18.1 Å². The van der Waals surface area contributed by atoms with Crippen molar-refractivity contribution < 1.29 is 23.9 Å². The molecule has 1 aliphatic rings. The van der Waals surface area contributed by atoms with Gasteiger partial charge in [-0.15, -0.1) is 0 Å². The highest BCUT2D eigenvalue weighted by atomic mass is 32.2. The molecule has 1 heterocycles. The maximum Gasteiger partial charge on any atom is 0.416 e. The quantitative estimate of drug-likeness (QED) is 0.519. The van der Waals surface area contributed by atoms with E-state index in [2.05, 4.69) is 4.74 Å². The summed E-state index contributed by atoms with van der Waals surface area (Å²) < 4.78 is 9.43.